The van der Waals surface area contributed by atoms with E-state index in [0.717, 1.165) is 29.6 Å². The van der Waals surface area contributed by atoms with Crippen LogP contribution in [0.3, 0.4) is 0 Å². The molecule has 0 amide bonds. The molecule has 2 aromatic carbocycles. The second-order valence-corrected chi connectivity index (χ2v) is 5.63. The standard InChI is InChI=1S/C19H22N2O3/c1-4-11-21-15-8-6-5-7-14(15)20-19(21)18(22)13-9-10-16(23-2)17(12-13)24-3/h5-10,12,18,22H,4,11H2,1-3H3/t18-/m0/s1. The molecule has 1 aromatic heterocycles. The van der Waals surface area contributed by atoms with Crippen LogP contribution in [-0.2, 0) is 6.54 Å². The quantitative estimate of drug-likeness (QED) is 0.753. The molecule has 1 N–H and O–H groups in total. The lowest BCUT2D eigenvalue weighted by Gasteiger charge is -2.16. The molecule has 126 valence electrons. The minimum atomic E-state index is -0.830. The fraction of sp³-hybridized carbons (Fsp3) is 0.316. The van der Waals surface area contributed by atoms with Gasteiger partial charge in [0.05, 0.1) is 25.3 Å². The largest absolute Gasteiger partial charge is 0.493 e. The Morgan fingerprint density at radius 2 is 1.83 bits per heavy atom. The average Bonchev–Trinajstić information content (AvgIpc) is 2.99. The Bertz CT molecular complexity index is 842. The first kappa shape index (κ1) is 16.3. The predicted octanol–water partition coefficient (Wildman–Crippen LogP) is 3.55. The van der Waals surface area contributed by atoms with Gasteiger partial charge in [0.15, 0.2) is 11.5 Å². The zero-order chi connectivity index (χ0) is 17.1. The van der Waals surface area contributed by atoms with Gasteiger partial charge in [-0.2, -0.15) is 0 Å². The number of rotatable bonds is 6. The molecule has 0 radical (unpaired) electrons. The van der Waals surface area contributed by atoms with Crippen molar-refractivity contribution in [3.63, 3.8) is 0 Å². The summed E-state index contributed by atoms with van der Waals surface area (Å²) < 4.78 is 12.7. The number of imidazole rings is 1. The number of hydrogen-bond acceptors (Lipinski definition) is 4. The zero-order valence-electron chi connectivity index (χ0n) is 14.2. The van der Waals surface area contributed by atoms with E-state index in [-0.39, 0.29) is 0 Å². The number of benzene rings is 2. The van der Waals surface area contributed by atoms with E-state index in [2.05, 4.69) is 16.5 Å². The number of aliphatic hydroxyl groups excluding tert-OH is 1. The third-order valence-electron chi connectivity index (χ3n) is 4.10. The van der Waals surface area contributed by atoms with Crippen molar-refractivity contribution in [1.82, 2.24) is 9.55 Å². The molecular formula is C19H22N2O3. The van der Waals surface area contributed by atoms with Crippen LogP contribution in [0.1, 0.15) is 30.8 Å². The van der Waals surface area contributed by atoms with Gasteiger partial charge in [0.1, 0.15) is 11.9 Å². The number of hydrogen-bond donors (Lipinski definition) is 1. The molecule has 5 nitrogen and oxygen atoms in total. The Balaban J connectivity index is 2.08. The molecule has 3 aromatic rings. The molecule has 3 rings (SSSR count). The number of aryl methyl sites for hydroxylation is 1. The Kier molecular flexibility index (Phi) is 4.71. The van der Waals surface area contributed by atoms with Crippen LogP contribution in [0, 0.1) is 0 Å². The lowest BCUT2D eigenvalue weighted by atomic mass is 10.1. The first-order valence-electron chi connectivity index (χ1n) is 8.04. The van der Waals surface area contributed by atoms with Gasteiger partial charge in [-0.05, 0) is 36.2 Å². The Labute approximate surface area is 141 Å². The summed E-state index contributed by atoms with van der Waals surface area (Å²) in [4.78, 5) is 4.65. The van der Waals surface area contributed by atoms with Crippen molar-refractivity contribution in [3.05, 3.63) is 53.9 Å². The van der Waals surface area contributed by atoms with Gasteiger partial charge in [-0.25, -0.2) is 4.98 Å². The number of methoxy groups -OCH3 is 2. The average molecular weight is 326 g/mol. The Morgan fingerprint density at radius 3 is 2.54 bits per heavy atom. The maximum Gasteiger partial charge on any atom is 0.161 e. The highest BCUT2D eigenvalue weighted by molar-refractivity contribution is 5.76. The van der Waals surface area contributed by atoms with E-state index in [0.29, 0.717) is 17.3 Å². The van der Waals surface area contributed by atoms with E-state index >= 15 is 0 Å². The molecule has 0 fully saturated rings. The molecule has 0 saturated carbocycles. The highest BCUT2D eigenvalue weighted by Crippen LogP contribution is 2.33. The smallest absolute Gasteiger partial charge is 0.161 e. The number of ether oxygens (including phenoxy) is 2. The van der Waals surface area contributed by atoms with Crippen molar-refractivity contribution < 1.29 is 14.6 Å². The third-order valence-corrected chi connectivity index (χ3v) is 4.10. The molecule has 5 heteroatoms. The summed E-state index contributed by atoms with van der Waals surface area (Å²) in [6, 6.07) is 13.4. The molecule has 0 unspecified atom stereocenters. The molecule has 1 heterocycles. The highest BCUT2D eigenvalue weighted by Gasteiger charge is 2.20. The minimum absolute atomic E-state index is 0.590. The summed E-state index contributed by atoms with van der Waals surface area (Å²) in [5.74, 6) is 1.87. The molecule has 1 atom stereocenters. The van der Waals surface area contributed by atoms with Gasteiger partial charge in [0, 0.05) is 6.54 Å². The molecule has 0 aliphatic heterocycles. The fourth-order valence-corrected chi connectivity index (χ4v) is 2.93. The van der Waals surface area contributed by atoms with Gasteiger partial charge in [0.25, 0.3) is 0 Å². The minimum Gasteiger partial charge on any atom is -0.493 e. The van der Waals surface area contributed by atoms with Gasteiger partial charge < -0.3 is 19.1 Å². The van der Waals surface area contributed by atoms with Crippen molar-refractivity contribution in [2.24, 2.45) is 0 Å². The fourth-order valence-electron chi connectivity index (χ4n) is 2.93. The van der Waals surface area contributed by atoms with Crippen molar-refractivity contribution >= 4 is 11.0 Å². The molecular weight excluding hydrogens is 304 g/mol. The van der Waals surface area contributed by atoms with E-state index in [9.17, 15) is 5.11 Å². The Morgan fingerprint density at radius 1 is 1.08 bits per heavy atom. The van der Waals surface area contributed by atoms with E-state index in [1.807, 2.05) is 30.3 Å². The summed E-state index contributed by atoms with van der Waals surface area (Å²) in [6.07, 6.45) is 0.134. The second-order valence-electron chi connectivity index (χ2n) is 5.63. The Hall–Kier alpha value is -2.53. The zero-order valence-corrected chi connectivity index (χ0v) is 14.2. The molecule has 0 aliphatic rings. The second kappa shape index (κ2) is 6.93. The lowest BCUT2D eigenvalue weighted by molar-refractivity contribution is 0.204. The molecule has 0 aliphatic carbocycles. The van der Waals surface area contributed by atoms with Gasteiger partial charge in [-0.15, -0.1) is 0 Å². The monoisotopic (exact) mass is 326 g/mol. The number of fused-ring (bicyclic) bond motifs is 1. The summed E-state index contributed by atoms with van der Waals surface area (Å²) >= 11 is 0. The summed E-state index contributed by atoms with van der Waals surface area (Å²) in [5, 5.41) is 10.9. The first-order valence-corrected chi connectivity index (χ1v) is 8.04. The summed E-state index contributed by atoms with van der Waals surface area (Å²) in [5.41, 5.74) is 2.65. The van der Waals surface area contributed by atoms with Crippen LogP contribution in [0.25, 0.3) is 11.0 Å². The first-order chi connectivity index (χ1) is 11.7. The van der Waals surface area contributed by atoms with Gasteiger partial charge in [0.2, 0.25) is 0 Å². The van der Waals surface area contributed by atoms with Crippen LogP contribution in [0.2, 0.25) is 0 Å². The topological polar surface area (TPSA) is 56.5 Å². The number of aliphatic hydroxyl groups is 1. The van der Waals surface area contributed by atoms with Crippen LogP contribution in [-0.4, -0.2) is 28.9 Å². The van der Waals surface area contributed by atoms with Crippen molar-refractivity contribution in [2.45, 2.75) is 26.0 Å². The molecule has 0 spiro atoms. The number of para-hydroxylation sites is 2. The van der Waals surface area contributed by atoms with Crippen LogP contribution in [0.4, 0.5) is 0 Å². The van der Waals surface area contributed by atoms with Gasteiger partial charge in [-0.3, -0.25) is 0 Å². The molecule has 24 heavy (non-hydrogen) atoms. The summed E-state index contributed by atoms with van der Waals surface area (Å²) in [7, 11) is 3.18. The highest BCUT2D eigenvalue weighted by atomic mass is 16.5. The lowest BCUT2D eigenvalue weighted by Crippen LogP contribution is -2.10. The SMILES string of the molecule is CCCn1c([C@@H](O)c2ccc(OC)c(OC)c2)nc2ccccc21. The van der Waals surface area contributed by atoms with Crippen LogP contribution in [0.15, 0.2) is 42.5 Å². The van der Waals surface area contributed by atoms with Crippen molar-refractivity contribution in [3.8, 4) is 11.5 Å². The van der Waals surface area contributed by atoms with Crippen molar-refractivity contribution in [1.29, 1.82) is 0 Å². The van der Waals surface area contributed by atoms with Crippen LogP contribution in [0.5, 0.6) is 11.5 Å². The number of nitrogens with zero attached hydrogens (tertiary/aromatic N) is 2. The van der Waals surface area contributed by atoms with Crippen LogP contribution < -0.4 is 9.47 Å². The van der Waals surface area contributed by atoms with Crippen molar-refractivity contribution in [2.75, 3.05) is 14.2 Å². The van der Waals surface area contributed by atoms with E-state index in [4.69, 9.17) is 9.47 Å². The van der Waals surface area contributed by atoms with Gasteiger partial charge in [-0.1, -0.05) is 25.1 Å². The van der Waals surface area contributed by atoms with Crippen LogP contribution >= 0.6 is 0 Å². The third kappa shape index (κ3) is 2.83. The summed E-state index contributed by atoms with van der Waals surface area (Å²) in [6.45, 7) is 2.92. The van der Waals surface area contributed by atoms with E-state index < -0.39 is 6.10 Å². The predicted molar refractivity (Wildman–Crippen MR) is 93.6 cm³/mol. The normalized spacial score (nSPS) is 12.3. The maximum absolute atomic E-state index is 10.9. The molecule has 0 bridgehead atoms. The number of aromatic nitrogens is 2. The van der Waals surface area contributed by atoms with E-state index in [1.165, 1.54) is 0 Å². The maximum atomic E-state index is 10.9. The van der Waals surface area contributed by atoms with Gasteiger partial charge >= 0.3 is 0 Å². The molecule has 0 saturated heterocycles. The van der Waals surface area contributed by atoms with E-state index in [1.54, 1.807) is 26.4 Å².